The molecule has 2 heteroatoms. The molecule has 2 saturated carbocycles. The minimum atomic E-state index is 0.563. The standard InChI is InChI=1S/C18H34N2/c1-18(2)11-6-7-14(13-18)20-17-10-5-8-15(17)16-9-3-4-12-19-16/h14-17,19-20H,3-13H2,1-2H3. The average molecular weight is 278 g/mol. The molecule has 0 aromatic carbocycles. The molecule has 3 aliphatic rings. The predicted octanol–water partition coefficient (Wildman–Crippen LogP) is 3.86. The first kappa shape index (κ1) is 14.8. The van der Waals surface area contributed by atoms with Crippen LogP contribution in [0.2, 0.25) is 0 Å². The van der Waals surface area contributed by atoms with E-state index in [0.29, 0.717) is 5.41 Å². The molecular formula is C18H34N2. The highest BCUT2D eigenvalue weighted by Crippen LogP contribution is 2.37. The summed E-state index contributed by atoms with van der Waals surface area (Å²) < 4.78 is 0. The van der Waals surface area contributed by atoms with Gasteiger partial charge < -0.3 is 10.6 Å². The Hall–Kier alpha value is -0.0800. The quantitative estimate of drug-likeness (QED) is 0.819. The number of piperidine rings is 1. The van der Waals surface area contributed by atoms with Crippen molar-refractivity contribution in [3.63, 3.8) is 0 Å². The molecule has 3 fully saturated rings. The summed E-state index contributed by atoms with van der Waals surface area (Å²) in [5.41, 5.74) is 0.563. The molecule has 1 aliphatic heterocycles. The van der Waals surface area contributed by atoms with E-state index in [4.69, 9.17) is 0 Å². The van der Waals surface area contributed by atoms with E-state index in [0.717, 1.165) is 24.0 Å². The van der Waals surface area contributed by atoms with E-state index in [1.165, 1.54) is 70.8 Å². The first-order chi connectivity index (χ1) is 9.64. The Morgan fingerprint density at radius 1 is 0.950 bits per heavy atom. The fraction of sp³-hybridized carbons (Fsp3) is 1.00. The molecule has 0 spiro atoms. The maximum Gasteiger partial charge on any atom is 0.0113 e. The highest BCUT2D eigenvalue weighted by molar-refractivity contribution is 4.95. The Morgan fingerprint density at radius 3 is 2.60 bits per heavy atom. The van der Waals surface area contributed by atoms with Gasteiger partial charge in [0.2, 0.25) is 0 Å². The van der Waals surface area contributed by atoms with E-state index in [-0.39, 0.29) is 0 Å². The molecule has 4 atom stereocenters. The third-order valence-electron chi connectivity index (χ3n) is 6.09. The van der Waals surface area contributed by atoms with E-state index in [2.05, 4.69) is 24.5 Å². The van der Waals surface area contributed by atoms with E-state index < -0.39 is 0 Å². The Morgan fingerprint density at radius 2 is 1.85 bits per heavy atom. The maximum atomic E-state index is 4.08. The summed E-state index contributed by atoms with van der Waals surface area (Å²) in [5.74, 6) is 0.903. The molecule has 1 saturated heterocycles. The van der Waals surface area contributed by atoms with Crippen LogP contribution >= 0.6 is 0 Å². The van der Waals surface area contributed by atoms with Gasteiger partial charge in [-0.05, 0) is 62.8 Å². The van der Waals surface area contributed by atoms with Crippen LogP contribution in [0, 0.1) is 11.3 Å². The molecular weight excluding hydrogens is 244 g/mol. The Balaban J connectivity index is 1.55. The minimum absolute atomic E-state index is 0.563. The van der Waals surface area contributed by atoms with Crippen molar-refractivity contribution in [2.24, 2.45) is 11.3 Å². The average Bonchev–Trinajstić information content (AvgIpc) is 2.87. The van der Waals surface area contributed by atoms with E-state index in [1.807, 2.05) is 0 Å². The van der Waals surface area contributed by atoms with E-state index in [9.17, 15) is 0 Å². The molecule has 1 heterocycles. The van der Waals surface area contributed by atoms with E-state index in [1.54, 1.807) is 0 Å². The summed E-state index contributed by atoms with van der Waals surface area (Å²) in [6.45, 7) is 6.16. The summed E-state index contributed by atoms with van der Waals surface area (Å²) in [4.78, 5) is 0. The smallest absolute Gasteiger partial charge is 0.0113 e. The highest BCUT2D eigenvalue weighted by Gasteiger charge is 2.36. The van der Waals surface area contributed by atoms with Crippen molar-refractivity contribution in [2.75, 3.05) is 6.54 Å². The van der Waals surface area contributed by atoms with Gasteiger partial charge in [-0.15, -0.1) is 0 Å². The second-order valence-corrected chi connectivity index (χ2v) is 8.38. The zero-order chi connectivity index (χ0) is 14.0. The molecule has 2 nitrogen and oxygen atoms in total. The second-order valence-electron chi connectivity index (χ2n) is 8.38. The molecule has 0 aromatic heterocycles. The molecule has 20 heavy (non-hydrogen) atoms. The summed E-state index contributed by atoms with van der Waals surface area (Å²) in [6, 6.07) is 2.39. The van der Waals surface area contributed by atoms with Gasteiger partial charge >= 0.3 is 0 Å². The van der Waals surface area contributed by atoms with E-state index >= 15 is 0 Å². The van der Waals surface area contributed by atoms with Gasteiger partial charge in [0.1, 0.15) is 0 Å². The van der Waals surface area contributed by atoms with Gasteiger partial charge in [-0.1, -0.05) is 33.1 Å². The molecule has 3 rings (SSSR count). The Kier molecular flexibility index (Phi) is 4.72. The minimum Gasteiger partial charge on any atom is -0.314 e. The van der Waals surface area contributed by atoms with Gasteiger partial charge in [0.15, 0.2) is 0 Å². The number of hydrogen-bond acceptors (Lipinski definition) is 2. The summed E-state index contributed by atoms with van der Waals surface area (Å²) in [6.07, 6.45) is 14.2. The fourth-order valence-electron chi connectivity index (χ4n) is 5.06. The van der Waals surface area contributed by atoms with Crippen LogP contribution in [0.25, 0.3) is 0 Å². The zero-order valence-corrected chi connectivity index (χ0v) is 13.6. The lowest BCUT2D eigenvalue weighted by molar-refractivity contribution is 0.170. The molecule has 0 aromatic rings. The highest BCUT2D eigenvalue weighted by atomic mass is 15.0. The topological polar surface area (TPSA) is 24.1 Å². The van der Waals surface area contributed by atoms with Crippen LogP contribution in [-0.2, 0) is 0 Å². The maximum absolute atomic E-state index is 4.08. The van der Waals surface area contributed by atoms with Crippen molar-refractivity contribution in [2.45, 2.75) is 96.2 Å². The lowest BCUT2D eigenvalue weighted by Crippen LogP contribution is -2.50. The summed E-state index contributed by atoms with van der Waals surface area (Å²) >= 11 is 0. The zero-order valence-electron chi connectivity index (χ0n) is 13.6. The van der Waals surface area contributed by atoms with Gasteiger partial charge in [-0.3, -0.25) is 0 Å². The Bertz CT molecular complexity index is 307. The fourth-order valence-corrected chi connectivity index (χ4v) is 5.06. The van der Waals surface area contributed by atoms with Crippen molar-refractivity contribution < 1.29 is 0 Å². The van der Waals surface area contributed by atoms with Crippen molar-refractivity contribution >= 4 is 0 Å². The first-order valence-electron chi connectivity index (χ1n) is 9.13. The van der Waals surface area contributed by atoms with Crippen LogP contribution in [0.15, 0.2) is 0 Å². The van der Waals surface area contributed by atoms with Crippen LogP contribution in [-0.4, -0.2) is 24.7 Å². The third-order valence-corrected chi connectivity index (χ3v) is 6.09. The lowest BCUT2D eigenvalue weighted by Gasteiger charge is -2.39. The number of nitrogens with one attached hydrogen (secondary N) is 2. The van der Waals surface area contributed by atoms with Crippen molar-refractivity contribution in [3.05, 3.63) is 0 Å². The molecule has 0 bridgehead atoms. The largest absolute Gasteiger partial charge is 0.314 e. The third kappa shape index (κ3) is 3.57. The molecule has 2 aliphatic carbocycles. The van der Waals surface area contributed by atoms with Gasteiger partial charge in [0.05, 0.1) is 0 Å². The van der Waals surface area contributed by atoms with Gasteiger partial charge in [-0.2, -0.15) is 0 Å². The number of hydrogen-bond donors (Lipinski definition) is 2. The van der Waals surface area contributed by atoms with Crippen molar-refractivity contribution in [1.82, 2.24) is 10.6 Å². The monoisotopic (exact) mass is 278 g/mol. The van der Waals surface area contributed by atoms with Crippen LogP contribution < -0.4 is 10.6 Å². The molecule has 2 N–H and O–H groups in total. The lowest BCUT2D eigenvalue weighted by atomic mass is 9.74. The number of rotatable bonds is 3. The molecule has 4 unspecified atom stereocenters. The second kappa shape index (κ2) is 6.36. The molecule has 0 amide bonds. The molecule has 0 radical (unpaired) electrons. The predicted molar refractivity (Wildman–Crippen MR) is 85.9 cm³/mol. The van der Waals surface area contributed by atoms with Crippen molar-refractivity contribution in [1.29, 1.82) is 0 Å². The molecule has 116 valence electrons. The van der Waals surface area contributed by atoms with Gasteiger partial charge in [0, 0.05) is 18.1 Å². The Labute approximate surface area is 125 Å². The normalized spacial score (nSPS) is 41.7. The van der Waals surface area contributed by atoms with Crippen LogP contribution in [0.1, 0.15) is 78.1 Å². The van der Waals surface area contributed by atoms with Gasteiger partial charge in [0.25, 0.3) is 0 Å². The SMILES string of the molecule is CC1(C)CCCC(NC2CCCC2C2CCCCN2)C1. The van der Waals surface area contributed by atoms with Crippen molar-refractivity contribution in [3.8, 4) is 0 Å². The summed E-state index contributed by atoms with van der Waals surface area (Å²) in [5, 5.41) is 7.89. The van der Waals surface area contributed by atoms with Crippen LogP contribution in [0.5, 0.6) is 0 Å². The van der Waals surface area contributed by atoms with Crippen LogP contribution in [0.3, 0.4) is 0 Å². The summed E-state index contributed by atoms with van der Waals surface area (Å²) in [7, 11) is 0. The van der Waals surface area contributed by atoms with Gasteiger partial charge in [-0.25, -0.2) is 0 Å². The first-order valence-corrected chi connectivity index (χ1v) is 9.13. The van der Waals surface area contributed by atoms with Crippen LogP contribution in [0.4, 0.5) is 0 Å².